The quantitative estimate of drug-likeness (QED) is 0.261. The molecule has 200 valence electrons. The fourth-order valence-electron chi connectivity index (χ4n) is 4.97. The van der Waals surface area contributed by atoms with Gasteiger partial charge in [0, 0.05) is 16.5 Å². The third-order valence-electron chi connectivity index (χ3n) is 6.84. The molecule has 0 radical (unpaired) electrons. The number of carbonyl (C=O) groups is 2. The maximum absolute atomic E-state index is 14.2. The van der Waals surface area contributed by atoms with E-state index in [1.165, 1.54) is 0 Å². The Balaban J connectivity index is 1.85. The van der Waals surface area contributed by atoms with Crippen LogP contribution in [0.4, 0.5) is 0 Å². The largest absolute Gasteiger partial charge is 0.464 e. The molecule has 0 aromatic heterocycles. The average Bonchev–Trinajstić information content (AvgIpc) is 2.91. The van der Waals surface area contributed by atoms with E-state index in [0.29, 0.717) is 29.3 Å². The molecule has 5 nitrogen and oxygen atoms in total. The minimum absolute atomic E-state index is 0.233. The lowest BCUT2D eigenvalue weighted by Crippen LogP contribution is -2.57. The number of benzene rings is 3. The number of esters is 1. The van der Waals surface area contributed by atoms with Crippen LogP contribution >= 0.6 is 23.2 Å². The summed E-state index contributed by atoms with van der Waals surface area (Å²) in [6.45, 7) is 6.02. The molecule has 1 saturated heterocycles. The number of nitrogens with zero attached hydrogens (tertiary/aromatic N) is 1. The minimum Gasteiger partial charge on any atom is -0.464 e. The second-order valence-corrected chi connectivity index (χ2v) is 10.5. The van der Waals surface area contributed by atoms with Crippen LogP contribution in [-0.4, -0.2) is 35.5 Å². The maximum atomic E-state index is 14.2. The van der Waals surface area contributed by atoms with E-state index in [9.17, 15) is 9.59 Å². The molecule has 1 fully saturated rings. The van der Waals surface area contributed by atoms with Crippen LogP contribution in [0.2, 0.25) is 10.0 Å². The standard InChI is InChI=1S/C31H33Cl2NO4/c1-4-6-26(31(36)37-5-2)34-28(22-11-15-24(32)16-12-22)29(23-13-17-25(33)18-14-23)38-27(30(34)35)19-21-9-7-20(3)8-10-21/h7-18,26-29H,4-6,19H2,1-3H3. The number of ether oxygens (including phenoxy) is 2. The van der Waals surface area contributed by atoms with E-state index in [-0.39, 0.29) is 12.5 Å². The number of hydrogen-bond acceptors (Lipinski definition) is 4. The molecular formula is C31H33Cl2NO4. The summed E-state index contributed by atoms with van der Waals surface area (Å²) in [6.07, 6.45) is 0.231. The first-order chi connectivity index (χ1) is 18.3. The Morgan fingerprint density at radius 1 is 0.921 bits per heavy atom. The molecule has 38 heavy (non-hydrogen) atoms. The third-order valence-corrected chi connectivity index (χ3v) is 7.34. The van der Waals surface area contributed by atoms with Crippen molar-refractivity contribution in [2.75, 3.05) is 6.61 Å². The van der Waals surface area contributed by atoms with Gasteiger partial charge in [0.1, 0.15) is 18.2 Å². The van der Waals surface area contributed by atoms with Crippen molar-refractivity contribution in [1.82, 2.24) is 4.90 Å². The van der Waals surface area contributed by atoms with Gasteiger partial charge < -0.3 is 14.4 Å². The summed E-state index contributed by atoms with van der Waals surface area (Å²) in [5.74, 6) is -0.644. The van der Waals surface area contributed by atoms with E-state index in [1.807, 2.05) is 74.5 Å². The van der Waals surface area contributed by atoms with Crippen molar-refractivity contribution < 1.29 is 19.1 Å². The number of amides is 1. The molecule has 0 bridgehead atoms. The van der Waals surface area contributed by atoms with Crippen LogP contribution in [0.25, 0.3) is 0 Å². The van der Waals surface area contributed by atoms with Crippen molar-refractivity contribution >= 4 is 35.1 Å². The number of hydrogen-bond donors (Lipinski definition) is 0. The fraction of sp³-hybridized carbons (Fsp3) is 0.355. The van der Waals surface area contributed by atoms with Gasteiger partial charge in [0.15, 0.2) is 0 Å². The number of halogens is 2. The zero-order chi connectivity index (χ0) is 27.2. The van der Waals surface area contributed by atoms with Crippen LogP contribution in [0.1, 0.15) is 61.1 Å². The molecule has 0 N–H and O–H groups in total. The van der Waals surface area contributed by atoms with E-state index in [0.717, 1.165) is 22.3 Å². The van der Waals surface area contributed by atoms with Gasteiger partial charge in [0.25, 0.3) is 5.91 Å². The van der Waals surface area contributed by atoms with Crippen LogP contribution in [-0.2, 0) is 25.5 Å². The SMILES string of the molecule is CCCC(C(=O)OCC)N1C(=O)C(Cc2ccc(C)cc2)OC(c2ccc(Cl)cc2)C1c1ccc(Cl)cc1. The lowest BCUT2D eigenvalue weighted by molar-refractivity contribution is -0.186. The molecule has 1 aliphatic heterocycles. The number of rotatable bonds is 9. The van der Waals surface area contributed by atoms with Crippen molar-refractivity contribution in [3.05, 3.63) is 105 Å². The molecule has 4 rings (SSSR count). The van der Waals surface area contributed by atoms with Gasteiger partial charge in [-0.15, -0.1) is 0 Å². The summed E-state index contributed by atoms with van der Waals surface area (Å²) in [6, 6.07) is 21.5. The number of aryl methyl sites for hydroxylation is 1. The molecule has 1 aliphatic rings. The van der Waals surface area contributed by atoms with Crippen molar-refractivity contribution in [3.8, 4) is 0 Å². The first-order valence-corrected chi connectivity index (χ1v) is 13.8. The molecule has 0 aliphatic carbocycles. The summed E-state index contributed by atoms with van der Waals surface area (Å²) in [5.41, 5.74) is 3.80. The Bertz CT molecular complexity index is 1230. The van der Waals surface area contributed by atoms with Crippen molar-refractivity contribution in [1.29, 1.82) is 0 Å². The zero-order valence-corrected chi connectivity index (χ0v) is 23.4. The van der Waals surface area contributed by atoms with E-state index in [2.05, 4.69) is 0 Å². The van der Waals surface area contributed by atoms with Gasteiger partial charge in [-0.05, 0) is 61.2 Å². The molecule has 0 saturated carbocycles. The Hall–Kier alpha value is -2.86. The van der Waals surface area contributed by atoms with Crippen LogP contribution < -0.4 is 0 Å². The highest BCUT2D eigenvalue weighted by molar-refractivity contribution is 6.30. The van der Waals surface area contributed by atoms with Crippen LogP contribution in [0, 0.1) is 6.92 Å². The topological polar surface area (TPSA) is 55.8 Å². The van der Waals surface area contributed by atoms with E-state index in [1.54, 1.807) is 24.0 Å². The van der Waals surface area contributed by atoms with Crippen LogP contribution in [0.3, 0.4) is 0 Å². The third kappa shape index (κ3) is 6.40. The van der Waals surface area contributed by atoms with E-state index in [4.69, 9.17) is 32.7 Å². The summed E-state index contributed by atoms with van der Waals surface area (Å²) in [7, 11) is 0. The van der Waals surface area contributed by atoms with Crippen molar-refractivity contribution in [2.24, 2.45) is 0 Å². The van der Waals surface area contributed by atoms with Gasteiger partial charge >= 0.3 is 5.97 Å². The predicted molar refractivity (Wildman–Crippen MR) is 150 cm³/mol. The molecule has 4 atom stereocenters. The lowest BCUT2D eigenvalue weighted by Gasteiger charge is -2.47. The van der Waals surface area contributed by atoms with E-state index < -0.39 is 30.3 Å². The van der Waals surface area contributed by atoms with Crippen molar-refractivity contribution in [3.63, 3.8) is 0 Å². The highest BCUT2D eigenvalue weighted by Crippen LogP contribution is 2.44. The maximum Gasteiger partial charge on any atom is 0.328 e. The van der Waals surface area contributed by atoms with Gasteiger partial charge in [0.05, 0.1) is 12.6 Å². The zero-order valence-electron chi connectivity index (χ0n) is 21.9. The van der Waals surface area contributed by atoms with Crippen LogP contribution in [0.5, 0.6) is 0 Å². The Labute approximate surface area is 234 Å². The molecule has 1 amide bonds. The van der Waals surface area contributed by atoms with Crippen molar-refractivity contribution in [2.45, 2.75) is 64.3 Å². The predicted octanol–water partition coefficient (Wildman–Crippen LogP) is 7.29. The lowest BCUT2D eigenvalue weighted by atomic mass is 9.88. The molecule has 1 heterocycles. The summed E-state index contributed by atoms with van der Waals surface area (Å²) in [4.78, 5) is 29.3. The second kappa shape index (κ2) is 12.8. The fourth-order valence-corrected chi connectivity index (χ4v) is 5.22. The van der Waals surface area contributed by atoms with Crippen LogP contribution in [0.15, 0.2) is 72.8 Å². The summed E-state index contributed by atoms with van der Waals surface area (Å²) in [5, 5.41) is 1.19. The normalized spacial score (nSPS) is 20.3. The summed E-state index contributed by atoms with van der Waals surface area (Å²) < 4.78 is 12.1. The Kier molecular flexibility index (Phi) is 9.48. The van der Waals surface area contributed by atoms with Gasteiger partial charge in [-0.1, -0.05) is 90.6 Å². The molecule has 3 aromatic rings. The number of carbonyl (C=O) groups excluding carboxylic acids is 2. The average molecular weight is 555 g/mol. The Morgan fingerprint density at radius 2 is 1.50 bits per heavy atom. The van der Waals surface area contributed by atoms with Gasteiger partial charge in [0.2, 0.25) is 0 Å². The summed E-state index contributed by atoms with van der Waals surface area (Å²) >= 11 is 12.4. The molecular weight excluding hydrogens is 521 g/mol. The smallest absolute Gasteiger partial charge is 0.328 e. The van der Waals surface area contributed by atoms with Gasteiger partial charge in [-0.2, -0.15) is 0 Å². The molecule has 3 aromatic carbocycles. The highest BCUT2D eigenvalue weighted by Gasteiger charge is 2.48. The molecule has 4 unspecified atom stereocenters. The minimum atomic E-state index is -0.782. The number of morpholine rings is 1. The van der Waals surface area contributed by atoms with Gasteiger partial charge in [-0.3, -0.25) is 4.79 Å². The first kappa shape index (κ1) is 28.2. The molecule has 7 heteroatoms. The van der Waals surface area contributed by atoms with Gasteiger partial charge in [-0.25, -0.2) is 4.79 Å². The first-order valence-electron chi connectivity index (χ1n) is 13.0. The Morgan fingerprint density at radius 3 is 2.05 bits per heavy atom. The van der Waals surface area contributed by atoms with E-state index >= 15 is 0 Å². The molecule has 0 spiro atoms. The highest BCUT2D eigenvalue weighted by atomic mass is 35.5. The monoisotopic (exact) mass is 553 g/mol. The second-order valence-electron chi connectivity index (χ2n) is 9.59.